The lowest BCUT2D eigenvalue weighted by Gasteiger charge is -2.33. The molecule has 1 N–H and O–H groups in total. The maximum absolute atomic E-state index is 13.7. The molecule has 2 aromatic carbocycles. The monoisotopic (exact) mass is 503 g/mol. The van der Waals surface area contributed by atoms with Crippen molar-refractivity contribution in [2.45, 2.75) is 25.9 Å². The summed E-state index contributed by atoms with van der Waals surface area (Å²) >= 11 is 12.5. The minimum atomic E-state index is -3.94. The highest BCUT2D eigenvalue weighted by molar-refractivity contribution is 7.92. The molecule has 0 saturated carbocycles. The van der Waals surface area contributed by atoms with Gasteiger partial charge in [-0.15, -0.1) is 0 Å². The Balaban J connectivity index is 2.49. The van der Waals surface area contributed by atoms with E-state index in [-0.39, 0.29) is 18.7 Å². The summed E-state index contributed by atoms with van der Waals surface area (Å²) < 4.78 is 39.3. The number of hydrogen-bond donors (Lipinski definition) is 1. The first kappa shape index (κ1) is 25.9. The highest BCUT2D eigenvalue weighted by Crippen LogP contribution is 2.27. The number of likely N-dealkylation sites (N-methyl/N-ethyl adjacent to an activating group) is 1. The van der Waals surface area contributed by atoms with Crippen LogP contribution in [-0.2, 0) is 26.2 Å². The van der Waals surface area contributed by atoms with Crippen molar-refractivity contribution < 1.29 is 22.4 Å². The topological polar surface area (TPSA) is 86.8 Å². The summed E-state index contributed by atoms with van der Waals surface area (Å²) in [5.41, 5.74) is 0.410. The summed E-state index contributed by atoms with van der Waals surface area (Å²) in [4.78, 5) is 27.1. The fourth-order valence-electron chi connectivity index (χ4n) is 3.18. The first-order valence-electron chi connectivity index (χ1n) is 9.66. The van der Waals surface area contributed by atoms with Crippen molar-refractivity contribution in [3.8, 4) is 0 Å². The van der Waals surface area contributed by atoms with Crippen LogP contribution in [0.3, 0.4) is 0 Å². The number of hydrogen-bond acceptors (Lipinski definition) is 4. The lowest BCUT2D eigenvalue weighted by molar-refractivity contribution is -0.140. The number of rotatable bonds is 9. The molecular weight excluding hydrogens is 480 g/mol. The highest BCUT2D eigenvalue weighted by Gasteiger charge is 2.32. The van der Waals surface area contributed by atoms with Crippen LogP contribution in [0, 0.1) is 5.82 Å². The first-order chi connectivity index (χ1) is 15.0. The van der Waals surface area contributed by atoms with Crippen LogP contribution in [0.15, 0.2) is 42.5 Å². The zero-order valence-corrected chi connectivity index (χ0v) is 20.1. The van der Waals surface area contributed by atoms with E-state index >= 15 is 0 Å². The number of amides is 2. The fourth-order valence-corrected chi connectivity index (χ4v) is 4.54. The third-order valence-electron chi connectivity index (χ3n) is 4.80. The summed E-state index contributed by atoms with van der Waals surface area (Å²) in [6, 6.07) is 8.83. The third kappa shape index (κ3) is 6.34. The number of anilines is 1. The number of nitrogens with one attached hydrogen (secondary N) is 1. The van der Waals surface area contributed by atoms with Gasteiger partial charge >= 0.3 is 0 Å². The predicted molar refractivity (Wildman–Crippen MR) is 124 cm³/mol. The Hall–Kier alpha value is -2.36. The van der Waals surface area contributed by atoms with E-state index in [0.29, 0.717) is 15.6 Å². The second kappa shape index (κ2) is 11.0. The van der Waals surface area contributed by atoms with Gasteiger partial charge < -0.3 is 10.2 Å². The third-order valence-corrected chi connectivity index (χ3v) is 6.65. The van der Waals surface area contributed by atoms with Gasteiger partial charge in [-0.1, -0.05) is 42.3 Å². The van der Waals surface area contributed by atoms with E-state index in [1.54, 1.807) is 25.1 Å². The Morgan fingerprint density at radius 2 is 1.72 bits per heavy atom. The van der Waals surface area contributed by atoms with Gasteiger partial charge in [-0.05, 0) is 36.8 Å². The number of carbonyl (C=O) groups is 2. The molecule has 0 aliphatic carbocycles. The largest absolute Gasteiger partial charge is 0.357 e. The van der Waals surface area contributed by atoms with Gasteiger partial charge in [0.05, 0.1) is 11.9 Å². The summed E-state index contributed by atoms with van der Waals surface area (Å²) in [6.45, 7) is 0.956. The second-order valence-corrected chi connectivity index (χ2v) is 9.73. The van der Waals surface area contributed by atoms with Gasteiger partial charge in [0, 0.05) is 29.2 Å². The van der Waals surface area contributed by atoms with Gasteiger partial charge in [0.2, 0.25) is 21.8 Å². The predicted octanol–water partition coefficient (Wildman–Crippen LogP) is 3.45. The van der Waals surface area contributed by atoms with E-state index < -0.39 is 40.2 Å². The standard InChI is InChI=1S/C21H24Cl2FN3O4S/c1-4-19(21(29)25-2)26(12-16-17(22)9-6-10-18(16)23)20(28)13-27(32(3,30)31)15-8-5-7-14(24)11-15/h5-11,19H,4,12-13H2,1-3H3,(H,25,29)/t19-/m1/s1. The molecule has 0 bridgehead atoms. The number of benzene rings is 2. The van der Waals surface area contributed by atoms with Gasteiger partial charge in [-0.25, -0.2) is 12.8 Å². The van der Waals surface area contributed by atoms with Gasteiger partial charge in [0.1, 0.15) is 18.4 Å². The van der Waals surface area contributed by atoms with Crippen LogP contribution >= 0.6 is 23.2 Å². The van der Waals surface area contributed by atoms with Crippen molar-refractivity contribution in [2.75, 3.05) is 24.2 Å². The van der Waals surface area contributed by atoms with Crippen molar-refractivity contribution in [1.29, 1.82) is 0 Å². The van der Waals surface area contributed by atoms with Crippen LogP contribution in [0.2, 0.25) is 10.0 Å². The summed E-state index contributed by atoms with van der Waals surface area (Å²) in [5, 5.41) is 3.11. The Bertz CT molecular complexity index is 1080. The Labute approximate surface area is 197 Å². The molecule has 2 aromatic rings. The number of nitrogens with zero attached hydrogens (tertiary/aromatic N) is 2. The summed E-state index contributed by atoms with van der Waals surface area (Å²) in [6.07, 6.45) is 1.17. The van der Waals surface area contributed by atoms with Crippen molar-refractivity contribution in [3.05, 3.63) is 63.9 Å². The van der Waals surface area contributed by atoms with E-state index in [1.807, 2.05) is 0 Å². The normalized spacial score (nSPS) is 12.2. The van der Waals surface area contributed by atoms with Crippen molar-refractivity contribution in [1.82, 2.24) is 10.2 Å². The Morgan fingerprint density at radius 1 is 1.12 bits per heavy atom. The molecule has 0 aromatic heterocycles. The average molecular weight is 504 g/mol. The van der Waals surface area contributed by atoms with Gasteiger partial charge in [-0.2, -0.15) is 0 Å². The van der Waals surface area contributed by atoms with Gasteiger partial charge in [0.15, 0.2) is 0 Å². The first-order valence-corrected chi connectivity index (χ1v) is 12.3. The molecule has 174 valence electrons. The van der Waals surface area contributed by atoms with Crippen LogP contribution in [0.4, 0.5) is 10.1 Å². The molecule has 0 saturated heterocycles. The molecule has 7 nitrogen and oxygen atoms in total. The Morgan fingerprint density at radius 3 is 2.22 bits per heavy atom. The zero-order valence-electron chi connectivity index (χ0n) is 17.8. The molecule has 0 spiro atoms. The van der Waals surface area contributed by atoms with E-state index in [0.717, 1.165) is 22.7 Å². The summed E-state index contributed by atoms with van der Waals surface area (Å²) in [7, 11) is -2.51. The Kier molecular flexibility index (Phi) is 8.89. The van der Waals surface area contributed by atoms with Crippen molar-refractivity contribution >= 4 is 50.7 Å². The van der Waals surface area contributed by atoms with Gasteiger partial charge in [0.25, 0.3) is 0 Å². The maximum atomic E-state index is 13.7. The minimum Gasteiger partial charge on any atom is -0.357 e. The van der Waals surface area contributed by atoms with E-state index in [4.69, 9.17) is 23.2 Å². The van der Waals surface area contributed by atoms with E-state index in [2.05, 4.69) is 5.32 Å². The van der Waals surface area contributed by atoms with Gasteiger partial charge in [-0.3, -0.25) is 13.9 Å². The zero-order chi connectivity index (χ0) is 24.1. The molecule has 1 atom stereocenters. The van der Waals surface area contributed by atoms with Crippen LogP contribution in [0.5, 0.6) is 0 Å². The lowest BCUT2D eigenvalue weighted by atomic mass is 10.1. The van der Waals surface area contributed by atoms with E-state index in [1.165, 1.54) is 24.1 Å². The smallest absolute Gasteiger partial charge is 0.244 e. The molecule has 0 fully saturated rings. The van der Waals surface area contributed by atoms with Crippen LogP contribution in [0.25, 0.3) is 0 Å². The lowest BCUT2D eigenvalue weighted by Crippen LogP contribution is -2.51. The average Bonchev–Trinajstić information content (AvgIpc) is 2.72. The number of sulfonamides is 1. The maximum Gasteiger partial charge on any atom is 0.244 e. The fraction of sp³-hybridized carbons (Fsp3) is 0.333. The van der Waals surface area contributed by atoms with Crippen molar-refractivity contribution in [2.24, 2.45) is 0 Å². The molecule has 0 unspecified atom stereocenters. The minimum absolute atomic E-state index is 0.00966. The molecule has 0 aliphatic heterocycles. The molecule has 11 heteroatoms. The molecule has 0 aliphatic rings. The second-order valence-electron chi connectivity index (χ2n) is 7.01. The molecule has 32 heavy (non-hydrogen) atoms. The summed E-state index contributed by atoms with van der Waals surface area (Å²) in [5.74, 6) is -1.76. The molecule has 0 heterocycles. The molecular formula is C21H24Cl2FN3O4S. The van der Waals surface area contributed by atoms with Crippen molar-refractivity contribution in [3.63, 3.8) is 0 Å². The van der Waals surface area contributed by atoms with Crippen LogP contribution in [0.1, 0.15) is 18.9 Å². The SMILES string of the molecule is CC[C@H](C(=O)NC)N(Cc1c(Cl)cccc1Cl)C(=O)CN(c1cccc(F)c1)S(C)(=O)=O. The molecule has 0 radical (unpaired) electrons. The number of halogens is 3. The quantitative estimate of drug-likeness (QED) is 0.567. The number of carbonyl (C=O) groups excluding carboxylic acids is 2. The molecule has 2 amide bonds. The van der Waals surface area contributed by atoms with Crippen LogP contribution < -0.4 is 9.62 Å². The molecule has 2 rings (SSSR count). The van der Waals surface area contributed by atoms with Crippen LogP contribution in [-0.4, -0.2) is 51.0 Å². The van der Waals surface area contributed by atoms with E-state index in [9.17, 15) is 22.4 Å². The highest BCUT2D eigenvalue weighted by atomic mass is 35.5.